The summed E-state index contributed by atoms with van der Waals surface area (Å²) in [6.07, 6.45) is -1.54. The number of β-amino-alcohol motifs (C(OH)–C–C–N with tert-alkyl or cyclic N) is 2. The third-order valence-corrected chi connectivity index (χ3v) is 4.38. The van der Waals surface area contributed by atoms with Crippen LogP contribution in [0.5, 0.6) is 5.75 Å². The van der Waals surface area contributed by atoms with Gasteiger partial charge in [-0.15, -0.1) is 0 Å². The smallest absolute Gasteiger partial charge is 0.242 e. The Labute approximate surface area is 139 Å². The molecule has 2 amide bonds. The van der Waals surface area contributed by atoms with Crippen LogP contribution in [0.1, 0.15) is 6.42 Å². The van der Waals surface area contributed by atoms with Crippen molar-refractivity contribution < 1.29 is 24.5 Å². The van der Waals surface area contributed by atoms with Crippen molar-refractivity contribution in [3.8, 4) is 5.75 Å². The third kappa shape index (κ3) is 3.15. The van der Waals surface area contributed by atoms with Crippen LogP contribution in [-0.2, 0) is 9.59 Å². The lowest BCUT2D eigenvalue weighted by atomic mass is 10.1. The lowest BCUT2D eigenvalue weighted by molar-refractivity contribution is -0.129. The summed E-state index contributed by atoms with van der Waals surface area (Å²) in [6, 6.07) is 7.30. The largest absolute Gasteiger partial charge is 0.491 e. The van der Waals surface area contributed by atoms with E-state index in [1.165, 1.54) is 4.90 Å². The van der Waals surface area contributed by atoms with Crippen LogP contribution in [0.15, 0.2) is 18.2 Å². The Bertz CT molecular complexity index is 628. The number of aliphatic hydroxyl groups excluding tert-OH is 2. The summed E-state index contributed by atoms with van der Waals surface area (Å²) in [5.41, 5.74) is 6.08. The van der Waals surface area contributed by atoms with Crippen molar-refractivity contribution in [1.82, 2.24) is 4.90 Å². The maximum Gasteiger partial charge on any atom is 0.242 e. The van der Waals surface area contributed by atoms with E-state index in [1.54, 1.807) is 23.1 Å². The van der Waals surface area contributed by atoms with E-state index < -0.39 is 24.2 Å². The van der Waals surface area contributed by atoms with Gasteiger partial charge in [0.1, 0.15) is 11.8 Å². The van der Waals surface area contributed by atoms with E-state index in [0.717, 1.165) is 0 Å². The Balaban J connectivity index is 1.84. The van der Waals surface area contributed by atoms with E-state index in [1.807, 2.05) is 0 Å². The van der Waals surface area contributed by atoms with Gasteiger partial charge in [-0.2, -0.15) is 0 Å². The second-order valence-corrected chi connectivity index (χ2v) is 6.01. The van der Waals surface area contributed by atoms with Gasteiger partial charge in [0, 0.05) is 19.5 Å². The van der Waals surface area contributed by atoms with Crippen LogP contribution in [0.4, 0.5) is 5.69 Å². The fraction of sp³-hybridized carbons (Fsp3) is 0.500. The van der Waals surface area contributed by atoms with Gasteiger partial charge in [-0.3, -0.25) is 9.59 Å². The van der Waals surface area contributed by atoms with Gasteiger partial charge in [0.15, 0.2) is 0 Å². The number of ether oxygens (including phenoxy) is 1. The van der Waals surface area contributed by atoms with Crippen molar-refractivity contribution in [2.45, 2.75) is 24.7 Å². The Hall–Kier alpha value is -2.32. The van der Waals surface area contributed by atoms with Crippen LogP contribution in [0, 0.1) is 6.07 Å². The number of likely N-dealkylation sites (tertiary alicyclic amines) is 1. The number of nitrogens with zero attached hydrogens (tertiary/aromatic N) is 2. The van der Waals surface area contributed by atoms with Gasteiger partial charge in [0.25, 0.3) is 0 Å². The average molecular weight is 334 g/mol. The Kier molecular flexibility index (Phi) is 4.59. The molecule has 1 fully saturated rings. The molecule has 8 heteroatoms. The zero-order chi connectivity index (χ0) is 17.3. The normalized spacial score (nSPS) is 26.5. The van der Waals surface area contributed by atoms with Gasteiger partial charge in [0.2, 0.25) is 11.8 Å². The molecule has 1 aromatic rings. The topological polar surface area (TPSA) is 116 Å². The van der Waals surface area contributed by atoms with E-state index in [9.17, 15) is 19.8 Å². The number of hydrogen-bond acceptors (Lipinski definition) is 6. The number of carbonyl (C=O) groups is 2. The SMILES string of the molecule is NC(=O)C1CCOc2cc[c]cc2N1CC(=O)N1CC(O)C(O)C1. The predicted octanol–water partition coefficient (Wildman–Crippen LogP) is -1.51. The van der Waals surface area contributed by atoms with E-state index in [4.69, 9.17) is 10.5 Å². The molecule has 8 nitrogen and oxygen atoms in total. The minimum atomic E-state index is -0.950. The molecule has 0 aliphatic carbocycles. The van der Waals surface area contributed by atoms with Gasteiger partial charge < -0.3 is 30.5 Å². The summed E-state index contributed by atoms with van der Waals surface area (Å²) >= 11 is 0. The minimum Gasteiger partial charge on any atom is -0.491 e. The fourth-order valence-electron chi connectivity index (χ4n) is 3.07. The van der Waals surface area contributed by atoms with Crippen molar-refractivity contribution in [1.29, 1.82) is 0 Å². The van der Waals surface area contributed by atoms with Gasteiger partial charge in [-0.05, 0) is 18.2 Å². The number of carbonyl (C=O) groups excluding carboxylic acids is 2. The molecule has 129 valence electrons. The van der Waals surface area contributed by atoms with Gasteiger partial charge >= 0.3 is 0 Å². The van der Waals surface area contributed by atoms with E-state index >= 15 is 0 Å². The van der Waals surface area contributed by atoms with Crippen molar-refractivity contribution in [3.05, 3.63) is 24.3 Å². The highest BCUT2D eigenvalue weighted by molar-refractivity contribution is 5.89. The number of amides is 2. The van der Waals surface area contributed by atoms with Gasteiger partial charge in [-0.1, -0.05) is 6.07 Å². The Morgan fingerprint density at radius 2 is 2.04 bits per heavy atom. The molecule has 0 aromatic heterocycles. The van der Waals surface area contributed by atoms with Crippen molar-refractivity contribution >= 4 is 17.5 Å². The first-order chi connectivity index (χ1) is 11.5. The van der Waals surface area contributed by atoms with E-state index in [-0.39, 0.29) is 25.5 Å². The molecule has 3 rings (SSSR count). The maximum atomic E-state index is 12.6. The predicted molar refractivity (Wildman–Crippen MR) is 84.3 cm³/mol. The van der Waals surface area contributed by atoms with Crippen LogP contribution in [-0.4, -0.2) is 71.4 Å². The third-order valence-electron chi connectivity index (χ3n) is 4.38. The van der Waals surface area contributed by atoms with E-state index in [2.05, 4.69) is 6.07 Å². The first-order valence-corrected chi connectivity index (χ1v) is 7.80. The molecule has 1 saturated heterocycles. The Morgan fingerprint density at radius 3 is 2.71 bits per heavy atom. The molecular weight excluding hydrogens is 314 g/mol. The van der Waals surface area contributed by atoms with Crippen LogP contribution >= 0.6 is 0 Å². The summed E-state index contributed by atoms with van der Waals surface area (Å²) in [4.78, 5) is 27.4. The standard InChI is InChI=1S/C16H20N3O5/c17-16(23)11-5-6-24-14-4-2-1-3-10(14)19(11)9-15(22)18-7-12(20)13(21)8-18/h2-4,11-13,20-21H,5-9H2,(H2,17,23). The number of anilines is 1. The second kappa shape index (κ2) is 6.66. The number of benzene rings is 1. The lowest BCUT2D eigenvalue weighted by Gasteiger charge is -2.31. The molecule has 4 N–H and O–H groups in total. The van der Waals surface area contributed by atoms with Gasteiger partial charge in [0.05, 0.1) is 31.0 Å². The molecule has 2 aliphatic heterocycles. The molecule has 0 spiro atoms. The van der Waals surface area contributed by atoms with Crippen molar-refractivity contribution in [2.24, 2.45) is 5.73 Å². The number of rotatable bonds is 3. The number of aliphatic hydroxyl groups is 2. The van der Waals surface area contributed by atoms with E-state index in [0.29, 0.717) is 24.5 Å². The van der Waals surface area contributed by atoms with Gasteiger partial charge in [-0.25, -0.2) is 0 Å². The molecule has 1 aromatic carbocycles. The molecular formula is C16H20N3O5. The minimum absolute atomic E-state index is 0.0688. The van der Waals surface area contributed by atoms with Crippen molar-refractivity contribution in [3.63, 3.8) is 0 Å². The molecule has 0 bridgehead atoms. The molecule has 3 unspecified atom stereocenters. The average Bonchev–Trinajstić information content (AvgIpc) is 2.79. The lowest BCUT2D eigenvalue weighted by Crippen LogP contribution is -2.49. The zero-order valence-corrected chi connectivity index (χ0v) is 13.1. The molecule has 2 heterocycles. The molecule has 3 atom stereocenters. The summed E-state index contributed by atoms with van der Waals surface area (Å²) in [6.45, 7) is 0.358. The highest BCUT2D eigenvalue weighted by atomic mass is 16.5. The highest BCUT2D eigenvalue weighted by Crippen LogP contribution is 2.32. The number of hydrogen-bond donors (Lipinski definition) is 3. The molecule has 0 saturated carbocycles. The molecule has 1 radical (unpaired) electrons. The second-order valence-electron chi connectivity index (χ2n) is 6.01. The van der Waals surface area contributed by atoms with Crippen LogP contribution in [0.25, 0.3) is 0 Å². The Morgan fingerprint density at radius 1 is 1.33 bits per heavy atom. The number of primary amides is 1. The zero-order valence-electron chi connectivity index (χ0n) is 13.1. The first-order valence-electron chi connectivity index (χ1n) is 7.80. The van der Waals surface area contributed by atoms with Crippen LogP contribution in [0.3, 0.4) is 0 Å². The summed E-state index contributed by atoms with van der Waals surface area (Å²) in [5.74, 6) is -0.273. The monoisotopic (exact) mass is 334 g/mol. The van der Waals surface area contributed by atoms with Crippen LogP contribution in [0.2, 0.25) is 0 Å². The number of fused-ring (bicyclic) bond motifs is 1. The highest BCUT2D eigenvalue weighted by Gasteiger charge is 2.36. The number of nitrogens with two attached hydrogens (primary N) is 1. The molecule has 2 aliphatic rings. The summed E-state index contributed by atoms with van der Waals surface area (Å²) in [7, 11) is 0. The van der Waals surface area contributed by atoms with Crippen LogP contribution < -0.4 is 15.4 Å². The summed E-state index contributed by atoms with van der Waals surface area (Å²) in [5, 5.41) is 19.2. The molecule has 24 heavy (non-hydrogen) atoms. The first kappa shape index (κ1) is 16.5. The quantitative estimate of drug-likeness (QED) is 0.619. The summed E-state index contributed by atoms with van der Waals surface area (Å²) < 4.78 is 5.63. The fourth-order valence-corrected chi connectivity index (χ4v) is 3.07. The maximum absolute atomic E-state index is 12.6. The van der Waals surface area contributed by atoms with Crippen molar-refractivity contribution in [2.75, 3.05) is 31.1 Å².